The van der Waals surface area contributed by atoms with Crippen molar-refractivity contribution in [3.63, 3.8) is 0 Å². The Labute approximate surface area is 219 Å². The zero-order chi connectivity index (χ0) is 25.0. The standard InChI is InChI=1S/C13H17O2Si.C13H9.C2H7Si.2ClH.Zr/c1-16(2,3)15-10-14-13-8-11-6-4-5-7-12(11)9-13;1-3-7-12-10(5-1)9-11-6-2-4-8-13(11)12;1-3-2;;;/h4-9H,10H2,1-3H3;1-9H;3H,1-2H3;2*1H;/q;;;;;+2/p-2. The van der Waals surface area contributed by atoms with Crippen LogP contribution in [0.4, 0.5) is 0 Å². The van der Waals surface area contributed by atoms with Gasteiger partial charge >= 0.3 is 221 Å². The van der Waals surface area contributed by atoms with Crippen molar-refractivity contribution in [2.24, 2.45) is 0 Å². The maximum absolute atomic E-state index is 8.27. The van der Waals surface area contributed by atoms with Gasteiger partial charge in [-0.2, -0.15) is 0 Å². The van der Waals surface area contributed by atoms with Crippen molar-refractivity contribution in [2.75, 3.05) is 6.79 Å². The molecule has 1 atom stereocenters. The summed E-state index contributed by atoms with van der Waals surface area (Å²) in [5, 5.41) is 0. The third-order valence-electron chi connectivity index (χ3n) is 7.65. The van der Waals surface area contributed by atoms with Gasteiger partial charge in [0, 0.05) is 0 Å². The van der Waals surface area contributed by atoms with Gasteiger partial charge in [0.15, 0.2) is 0 Å². The van der Waals surface area contributed by atoms with E-state index in [9.17, 15) is 0 Å². The third kappa shape index (κ3) is 4.21. The Hall–Kier alpha value is -0.943. The van der Waals surface area contributed by atoms with E-state index in [1.54, 1.807) is 0 Å². The molecule has 2 aliphatic rings. The molecule has 0 heterocycles. The first-order valence-electron chi connectivity index (χ1n) is 12.3. The van der Waals surface area contributed by atoms with Crippen LogP contribution in [0.3, 0.4) is 0 Å². The van der Waals surface area contributed by atoms with E-state index in [0.29, 0.717) is 0 Å². The van der Waals surface area contributed by atoms with Crippen LogP contribution in [0.1, 0.15) is 29.5 Å². The van der Waals surface area contributed by atoms with Gasteiger partial charge in [0.1, 0.15) is 0 Å². The second-order valence-electron chi connectivity index (χ2n) is 11.1. The minimum absolute atomic E-state index is 0.0277. The zero-order valence-corrected chi connectivity index (χ0v) is 27.1. The molecular weight excluding hydrogens is 587 g/mol. The SMILES string of the molecule is C[SiH](C)[Zr]([Cl])([Cl])([CH]1C(OCO[Si](C)(C)C)=Cc2ccccc21)[CH]1c2ccccc2-c2ccccc21. The molecule has 3 aromatic rings. The number of ether oxygens (including phenoxy) is 1. The van der Waals surface area contributed by atoms with E-state index >= 15 is 0 Å². The number of fused-ring (bicyclic) bond motifs is 4. The van der Waals surface area contributed by atoms with Gasteiger partial charge in [0.25, 0.3) is 0 Å². The predicted molar refractivity (Wildman–Crippen MR) is 152 cm³/mol. The van der Waals surface area contributed by atoms with Gasteiger partial charge in [-0.3, -0.25) is 0 Å². The van der Waals surface area contributed by atoms with Crippen molar-refractivity contribution in [2.45, 2.75) is 40.0 Å². The molecule has 0 saturated heterocycles. The summed E-state index contributed by atoms with van der Waals surface area (Å²) in [4.78, 5) is 0. The molecule has 0 N–H and O–H groups in total. The average molecular weight is 620 g/mol. The molecule has 0 saturated carbocycles. The fourth-order valence-electron chi connectivity index (χ4n) is 5.85. The Morgan fingerprint density at radius 3 is 1.83 bits per heavy atom. The van der Waals surface area contributed by atoms with Crippen LogP contribution in [0.15, 0.2) is 78.6 Å². The molecular formula is C28H33Cl2O2Si2Zr. The molecule has 2 aliphatic carbocycles. The van der Waals surface area contributed by atoms with Crippen LogP contribution >= 0.6 is 17.0 Å². The second kappa shape index (κ2) is 9.11. The molecule has 0 aromatic heterocycles. The molecule has 0 radical (unpaired) electrons. The molecule has 35 heavy (non-hydrogen) atoms. The number of allylic oxidation sites excluding steroid dienone is 1. The van der Waals surface area contributed by atoms with Gasteiger partial charge < -0.3 is 0 Å². The number of rotatable bonds is 7. The molecule has 0 fully saturated rings. The Bertz CT molecular complexity index is 1270. The summed E-state index contributed by atoms with van der Waals surface area (Å²) in [5.41, 5.74) is 7.49. The quantitative estimate of drug-likeness (QED) is 0.195. The van der Waals surface area contributed by atoms with Gasteiger partial charge in [-0.15, -0.1) is 0 Å². The van der Waals surface area contributed by atoms with Crippen LogP contribution in [0, 0.1) is 0 Å². The third-order valence-corrected chi connectivity index (χ3v) is 60.1. The summed E-state index contributed by atoms with van der Waals surface area (Å²) in [6, 6.07) is 25.9. The van der Waals surface area contributed by atoms with E-state index in [2.05, 4.69) is 112 Å². The first-order valence-corrected chi connectivity index (χ1v) is 32.1. The molecule has 1 unspecified atom stereocenters. The van der Waals surface area contributed by atoms with Gasteiger partial charge in [-0.25, -0.2) is 0 Å². The molecule has 0 bridgehead atoms. The van der Waals surface area contributed by atoms with Crippen molar-refractivity contribution in [1.82, 2.24) is 0 Å². The molecule has 183 valence electrons. The topological polar surface area (TPSA) is 18.5 Å². The average Bonchev–Trinajstić information content (AvgIpc) is 3.35. The summed E-state index contributed by atoms with van der Waals surface area (Å²) < 4.78 is 12.5. The van der Waals surface area contributed by atoms with Crippen molar-refractivity contribution in [3.8, 4) is 11.1 Å². The number of halogens is 2. The summed E-state index contributed by atoms with van der Waals surface area (Å²) in [7, 11) is 14.8. The Morgan fingerprint density at radius 1 is 0.771 bits per heavy atom. The fraction of sp³-hybridized carbons (Fsp3) is 0.286. The van der Waals surface area contributed by atoms with E-state index in [4.69, 9.17) is 26.2 Å². The van der Waals surface area contributed by atoms with E-state index < -0.39 is 29.8 Å². The van der Waals surface area contributed by atoms with Crippen LogP contribution in [0.25, 0.3) is 17.2 Å². The maximum atomic E-state index is 8.27. The van der Waals surface area contributed by atoms with Crippen LogP contribution in [0.2, 0.25) is 32.7 Å². The van der Waals surface area contributed by atoms with Crippen LogP contribution in [-0.4, -0.2) is 21.0 Å². The summed E-state index contributed by atoms with van der Waals surface area (Å²) in [5.74, 6) is -0.725. The molecule has 5 rings (SSSR count). The molecule has 0 spiro atoms. The molecule has 7 heteroatoms. The molecule has 0 amide bonds. The van der Waals surface area contributed by atoms with Crippen molar-refractivity contribution in [1.29, 1.82) is 0 Å². The molecule has 0 aliphatic heterocycles. The Kier molecular flexibility index (Phi) is 6.69. The number of hydrogen-bond donors (Lipinski definition) is 0. The zero-order valence-electron chi connectivity index (χ0n) is 21.0. The predicted octanol–water partition coefficient (Wildman–Crippen LogP) is 8.66. The fourth-order valence-corrected chi connectivity index (χ4v) is 35.9. The van der Waals surface area contributed by atoms with Crippen LogP contribution < -0.4 is 0 Å². The minimum atomic E-state index is -4.77. The summed E-state index contributed by atoms with van der Waals surface area (Å²) >= 11 is -4.77. The van der Waals surface area contributed by atoms with Crippen molar-refractivity contribution < 1.29 is 24.7 Å². The Balaban J connectivity index is 1.71. The van der Waals surface area contributed by atoms with Gasteiger partial charge in [0.05, 0.1) is 0 Å². The normalized spacial score (nSPS) is 18.5. The van der Waals surface area contributed by atoms with Crippen molar-refractivity contribution >= 4 is 37.3 Å². The monoisotopic (exact) mass is 617 g/mol. The number of hydrogen-bond acceptors (Lipinski definition) is 2. The van der Waals surface area contributed by atoms with E-state index in [0.717, 1.165) is 11.3 Å². The molecule has 2 nitrogen and oxygen atoms in total. The van der Waals surface area contributed by atoms with E-state index in [1.807, 2.05) is 0 Å². The first-order chi connectivity index (χ1) is 16.5. The van der Waals surface area contributed by atoms with Gasteiger partial charge in [-0.05, 0) is 0 Å². The van der Waals surface area contributed by atoms with E-state index in [-0.39, 0.29) is 14.0 Å². The van der Waals surface area contributed by atoms with Crippen LogP contribution in [-0.2, 0) is 24.7 Å². The second-order valence-corrected chi connectivity index (χ2v) is 58.1. The summed E-state index contributed by atoms with van der Waals surface area (Å²) in [6.07, 6.45) is 2.16. The van der Waals surface area contributed by atoms with Gasteiger partial charge in [0.2, 0.25) is 0 Å². The first kappa shape index (κ1) is 25.7. The van der Waals surface area contributed by atoms with Crippen LogP contribution in [0.5, 0.6) is 0 Å². The molecule has 3 aromatic carbocycles. The Morgan fingerprint density at radius 2 is 1.29 bits per heavy atom. The van der Waals surface area contributed by atoms with Crippen molar-refractivity contribution in [3.05, 3.63) is 101 Å². The number of benzene rings is 3. The summed E-state index contributed by atoms with van der Waals surface area (Å²) in [6.45, 7) is 11.5. The van der Waals surface area contributed by atoms with E-state index in [1.165, 1.54) is 27.8 Å². The van der Waals surface area contributed by atoms with Gasteiger partial charge in [-0.1, -0.05) is 0 Å².